The van der Waals surface area contributed by atoms with Gasteiger partial charge in [0.25, 0.3) is 0 Å². The number of hydrogen-bond acceptors (Lipinski definition) is 3. The molecule has 2 aromatic rings. The van der Waals surface area contributed by atoms with Crippen LogP contribution < -0.4 is 5.32 Å². The molecule has 1 aromatic heterocycles. The molecule has 1 aromatic carbocycles. The Morgan fingerprint density at radius 2 is 2.10 bits per heavy atom. The van der Waals surface area contributed by atoms with Crippen molar-refractivity contribution in [1.29, 1.82) is 0 Å². The van der Waals surface area contributed by atoms with Gasteiger partial charge in [-0.2, -0.15) is 0 Å². The molecule has 0 saturated heterocycles. The summed E-state index contributed by atoms with van der Waals surface area (Å²) in [5.74, 6) is 0.520. The normalized spacial score (nSPS) is 12.5. The molecule has 0 aliphatic carbocycles. The van der Waals surface area contributed by atoms with Crippen molar-refractivity contribution in [3.63, 3.8) is 0 Å². The van der Waals surface area contributed by atoms with Crippen LogP contribution in [-0.4, -0.2) is 28.1 Å². The second-order valence-electron chi connectivity index (χ2n) is 5.45. The van der Waals surface area contributed by atoms with E-state index in [9.17, 15) is 0 Å². The minimum atomic E-state index is 0.520. The van der Waals surface area contributed by atoms with Gasteiger partial charge in [-0.05, 0) is 49.9 Å². The van der Waals surface area contributed by atoms with Gasteiger partial charge in [-0.1, -0.05) is 46.3 Å². The summed E-state index contributed by atoms with van der Waals surface area (Å²) in [5, 5.41) is 11.8. The zero-order valence-corrected chi connectivity index (χ0v) is 14.3. The zero-order valence-electron chi connectivity index (χ0n) is 12.7. The summed E-state index contributed by atoms with van der Waals surface area (Å²) in [6, 6.07) is 8.45. The van der Waals surface area contributed by atoms with E-state index in [1.54, 1.807) is 4.68 Å². The molecule has 114 valence electrons. The first-order chi connectivity index (χ1) is 10.2. The van der Waals surface area contributed by atoms with Crippen LogP contribution in [0.15, 0.2) is 34.9 Å². The molecule has 0 fully saturated rings. The standard InChI is InChI=1S/C16H23BrN4/c1-3-8-18-11-13(10-15-12-21(2)20-19-15)9-14-6-4-5-7-16(14)17/h4-7,12-13,18H,3,8-11H2,1-2H3. The van der Waals surface area contributed by atoms with E-state index in [1.807, 2.05) is 13.2 Å². The molecule has 0 saturated carbocycles. The molecule has 0 spiro atoms. The number of aromatic nitrogens is 3. The van der Waals surface area contributed by atoms with Gasteiger partial charge in [0.05, 0.1) is 5.69 Å². The summed E-state index contributed by atoms with van der Waals surface area (Å²) < 4.78 is 2.95. The molecule has 1 heterocycles. The average molecular weight is 351 g/mol. The van der Waals surface area contributed by atoms with Crippen molar-refractivity contribution >= 4 is 15.9 Å². The van der Waals surface area contributed by atoms with Crippen molar-refractivity contribution in [2.45, 2.75) is 26.2 Å². The molecule has 4 nitrogen and oxygen atoms in total. The third kappa shape index (κ3) is 5.25. The van der Waals surface area contributed by atoms with E-state index in [1.165, 1.54) is 10.0 Å². The molecule has 0 amide bonds. The Bertz CT molecular complexity index is 553. The predicted octanol–water partition coefficient (Wildman–Crippen LogP) is 2.98. The van der Waals surface area contributed by atoms with Crippen LogP contribution in [0.25, 0.3) is 0 Å². The summed E-state index contributed by atoms with van der Waals surface area (Å²) >= 11 is 3.64. The van der Waals surface area contributed by atoms with Crippen LogP contribution in [-0.2, 0) is 19.9 Å². The number of nitrogens with zero attached hydrogens (tertiary/aromatic N) is 3. The second kappa shape index (κ2) is 8.29. The van der Waals surface area contributed by atoms with Crippen LogP contribution >= 0.6 is 15.9 Å². The predicted molar refractivity (Wildman–Crippen MR) is 89.2 cm³/mol. The lowest BCUT2D eigenvalue weighted by molar-refractivity contribution is 0.466. The molecule has 1 atom stereocenters. The van der Waals surface area contributed by atoms with Crippen molar-refractivity contribution in [1.82, 2.24) is 20.3 Å². The van der Waals surface area contributed by atoms with E-state index in [0.29, 0.717) is 5.92 Å². The summed E-state index contributed by atoms with van der Waals surface area (Å²) in [6.45, 7) is 4.26. The van der Waals surface area contributed by atoms with E-state index < -0.39 is 0 Å². The smallest absolute Gasteiger partial charge is 0.0830 e. The highest BCUT2D eigenvalue weighted by atomic mass is 79.9. The molecule has 0 radical (unpaired) electrons. The van der Waals surface area contributed by atoms with Crippen LogP contribution in [0.1, 0.15) is 24.6 Å². The van der Waals surface area contributed by atoms with Crippen LogP contribution in [0.5, 0.6) is 0 Å². The van der Waals surface area contributed by atoms with Gasteiger partial charge in [0, 0.05) is 17.7 Å². The lowest BCUT2D eigenvalue weighted by Gasteiger charge is -2.17. The quantitative estimate of drug-likeness (QED) is 0.744. The van der Waals surface area contributed by atoms with E-state index >= 15 is 0 Å². The number of benzene rings is 1. The molecule has 0 aliphatic rings. The highest BCUT2D eigenvalue weighted by Crippen LogP contribution is 2.21. The Morgan fingerprint density at radius 1 is 1.29 bits per heavy atom. The van der Waals surface area contributed by atoms with Gasteiger partial charge < -0.3 is 5.32 Å². The molecule has 1 unspecified atom stereocenters. The minimum Gasteiger partial charge on any atom is -0.316 e. The van der Waals surface area contributed by atoms with Gasteiger partial charge in [0.1, 0.15) is 0 Å². The Labute approximate surface area is 135 Å². The molecule has 0 bridgehead atoms. The summed E-state index contributed by atoms with van der Waals surface area (Å²) in [5.41, 5.74) is 2.41. The van der Waals surface area contributed by atoms with Gasteiger partial charge in [-0.25, -0.2) is 0 Å². The topological polar surface area (TPSA) is 42.7 Å². The third-order valence-corrected chi connectivity index (χ3v) is 4.25. The minimum absolute atomic E-state index is 0.520. The Morgan fingerprint density at radius 3 is 2.76 bits per heavy atom. The monoisotopic (exact) mass is 350 g/mol. The van der Waals surface area contributed by atoms with Crippen LogP contribution in [0, 0.1) is 5.92 Å². The van der Waals surface area contributed by atoms with Gasteiger partial charge in [-0.15, -0.1) is 5.10 Å². The van der Waals surface area contributed by atoms with Gasteiger partial charge in [0.15, 0.2) is 0 Å². The number of halogens is 1. The highest BCUT2D eigenvalue weighted by molar-refractivity contribution is 9.10. The van der Waals surface area contributed by atoms with Crippen molar-refractivity contribution in [2.24, 2.45) is 13.0 Å². The first-order valence-electron chi connectivity index (χ1n) is 7.48. The van der Waals surface area contributed by atoms with Crippen molar-refractivity contribution in [2.75, 3.05) is 13.1 Å². The van der Waals surface area contributed by atoms with Gasteiger partial charge in [0.2, 0.25) is 0 Å². The largest absolute Gasteiger partial charge is 0.316 e. The molecule has 0 aliphatic heterocycles. The summed E-state index contributed by atoms with van der Waals surface area (Å²) in [4.78, 5) is 0. The van der Waals surface area contributed by atoms with E-state index in [4.69, 9.17) is 0 Å². The number of nitrogens with one attached hydrogen (secondary N) is 1. The zero-order chi connectivity index (χ0) is 15.1. The number of aryl methyl sites for hydroxylation is 1. The van der Waals surface area contributed by atoms with Crippen molar-refractivity contribution in [3.05, 3.63) is 46.2 Å². The molecule has 5 heteroatoms. The maximum Gasteiger partial charge on any atom is 0.0830 e. The van der Waals surface area contributed by atoms with Crippen molar-refractivity contribution < 1.29 is 0 Å². The number of hydrogen-bond donors (Lipinski definition) is 1. The molecule has 1 N–H and O–H groups in total. The fourth-order valence-electron chi connectivity index (χ4n) is 2.46. The fraction of sp³-hybridized carbons (Fsp3) is 0.500. The lowest BCUT2D eigenvalue weighted by atomic mass is 9.95. The summed E-state index contributed by atoms with van der Waals surface area (Å²) in [6.07, 6.45) is 5.15. The maximum atomic E-state index is 4.22. The molecular formula is C16H23BrN4. The van der Waals surface area contributed by atoms with E-state index in [2.05, 4.69) is 62.7 Å². The molecule has 2 rings (SSSR count). The first-order valence-corrected chi connectivity index (χ1v) is 8.27. The Kier molecular flexibility index (Phi) is 6.39. The first kappa shape index (κ1) is 16.2. The van der Waals surface area contributed by atoms with E-state index in [0.717, 1.165) is 38.0 Å². The Hall–Kier alpha value is -1.20. The van der Waals surface area contributed by atoms with Crippen LogP contribution in [0.2, 0.25) is 0 Å². The average Bonchev–Trinajstić information content (AvgIpc) is 2.87. The summed E-state index contributed by atoms with van der Waals surface area (Å²) in [7, 11) is 1.91. The maximum absolute atomic E-state index is 4.22. The SMILES string of the molecule is CCCNCC(Cc1cn(C)nn1)Cc1ccccc1Br. The number of rotatable bonds is 8. The van der Waals surface area contributed by atoms with Gasteiger partial charge in [-0.3, -0.25) is 4.68 Å². The highest BCUT2D eigenvalue weighted by Gasteiger charge is 2.14. The third-order valence-electron chi connectivity index (χ3n) is 3.47. The van der Waals surface area contributed by atoms with Gasteiger partial charge >= 0.3 is 0 Å². The van der Waals surface area contributed by atoms with Crippen LogP contribution in [0.3, 0.4) is 0 Å². The molecule has 21 heavy (non-hydrogen) atoms. The van der Waals surface area contributed by atoms with Crippen LogP contribution in [0.4, 0.5) is 0 Å². The molecular weight excluding hydrogens is 328 g/mol. The second-order valence-corrected chi connectivity index (χ2v) is 6.31. The van der Waals surface area contributed by atoms with E-state index in [-0.39, 0.29) is 0 Å². The Balaban J connectivity index is 2.02. The fourth-order valence-corrected chi connectivity index (χ4v) is 2.91. The lowest BCUT2D eigenvalue weighted by Crippen LogP contribution is -2.26. The van der Waals surface area contributed by atoms with Crippen molar-refractivity contribution in [3.8, 4) is 0 Å².